The minimum atomic E-state index is -0.344. The van der Waals surface area contributed by atoms with Gasteiger partial charge in [0.15, 0.2) is 0 Å². The van der Waals surface area contributed by atoms with Crippen molar-refractivity contribution in [1.29, 1.82) is 0 Å². The minimum Gasteiger partial charge on any atom is -0.344 e. The number of carbonyl (C=O) groups excluding carboxylic acids is 1. The van der Waals surface area contributed by atoms with Crippen LogP contribution in [0.5, 0.6) is 0 Å². The monoisotopic (exact) mass is 384 g/mol. The summed E-state index contributed by atoms with van der Waals surface area (Å²) in [4.78, 5) is 29.6. The number of aromatic nitrogens is 3. The highest BCUT2D eigenvalue weighted by Gasteiger charge is 2.18. The fourth-order valence-corrected chi connectivity index (χ4v) is 3.41. The van der Waals surface area contributed by atoms with Gasteiger partial charge in [-0.1, -0.05) is 48.5 Å². The first-order valence-corrected chi connectivity index (χ1v) is 9.34. The predicted molar refractivity (Wildman–Crippen MR) is 111 cm³/mol. The lowest BCUT2D eigenvalue weighted by atomic mass is 10.00. The zero-order valence-electron chi connectivity index (χ0n) is 15.9. The number of hydrogen-bond donors (Lipinski definition) is 1. The first-order valence-electron chi connectivity index (χ1n) is 9.34. The second-order valence-electron chi connectivity index (χ2n) is 6.79. The third kappa shape index (κ3) is 3.91. The van der Waals surface area contributed by atoms with Crippen LogP contribution in [0.25, 0.3) is 10.8 Å². The highest BCUT2D eigenvalue weighted by atomic mass is 16.2. The number of benzene rings is 2. The zero-order chi connectivity index (χ0) is 20.2. The van der Waals surface area contributed by atoms with Gasteiger partial charge in [-0.15, -0.1) is 0 Å². The van der Waals surface area contributed by atoms with Crippen molar-refractivity contribution >= 4 is 16.7 Å². The molecule has 0 bridgehead atoms. The number of fused-ring (bicyclic) bond motifs is 1. The molecule has 4 aromatic rings. The molecule has 1 N–H and O–H groups in total. The fourth-order valence-electron chi connectivity index (χ4n) is 3.41. The zero-order valence-corrected chi connectivity index (χ0v) is 15.9. The summed E-state index contributed by atoms with van der Waals surface area (Å²) in [5.74, 6) is -0.292. The second kappa shape index (κ2) is 8.06. The number of nitrogens with one attached hydrogen (secondary N) is 1. The summed E-state index contributed by atoms with van der Waals surface area (Å²) in [7, 11) is 0. The summed E-state index contributed by atoms with van der Waals surface area (Å²) in [5, 5.41) is 8.71. The summed E-state index contributed by atoms with van der Waals surface area (Å²) >= 11 is 0. The summed E-state index contributed by atoms with van der Waals surface area (Å²) < 4.78 is 1.22. The van der Waals surface area contributed by atoms with Crippen LogP contribution in [0.2, 0.25) is 0 Å². The van der Waals surface area contributed by atoms with Gasteiger partial charge in [0.05, 0.1) is 17.1 Å². The normalized spacial score (nSPS) is 11.9. The van der Waals surface area contributed by atoms with E-state index in [0.717, 1.165) is 16.5 Å². The highest BCUT2D eigenvalue weighted by Crippen LogP contribution is 2.21. The molecule has 6 heteroatoms. The van der Waals surface area contributed by atoms with Crippen molar-refractivity contribution in [2.75, 3.05) is 0 Å². The van der Waals surface area contributed by atoms with E-state index in [0.29, 0.717) is 11.1 Å². The predicted octanol–water partition coefficient (Wildman–Crippen LogP) is 3.01. The van der Waals surface area contributed by atoms with Crippen LogP contribution in [0.1, 0.15) is 22.9 Å². The Balaban J connectivity index is 1.63. The molecule has 0 radical (unpaired) electrons. The summed E-state index contributed by atoms with van der Waals surface area (Å²) in [6.07, 6.45) is 3.38. The molecule has 29 heavy (non-hydrogen) atoms. The third-order valence-corrected chi connectivity index (χ3v) is 4.82. The first-order chi connectivity index (χ1) is 14.1. The van der Waals surface area contributed by atoms with Gasteiger partial charge < -0.3 is 5.32 Å². The van der Waals surface area contributed by atoms with Crippen molar-refractivity contribution < 1.29 is 4.79 Å². The Morgan fingerprint density at radius 3 is 2.28 bits per heavy atom. The topological polar surface area (TPSA) is 76.9 Å². The lowest BCUT2D eigenvalue weighted by molar-refractivity contribution is -0.122. The molecule has 0 saturated carbocycles. The van der Waals surface area contributed by atoms with Crippen LogP contribution in [0.4, 0.5) is 0 Å². The first kappa shape index (κ1) is 18.6. The summed E-state index contributed by atoms with van der Waals surface area (Å²) in [6, 6.07) is 20.4. The molecule has 0 aliphatic rings. The van der Waals surface area contributed by atoms with Crippen LogP contribution in [0.3, 0.4) is 0 Å². The number of hydrogen-bond acceptors (Lipinski definition) is 4. The molecule has 0 aliphatic carbocycles. The van der Waals surface area contributed by atoms with Crippen molar-refractivity contribution in [2.45, 2.75) is 19.5 Å². The molecule has 1 unspecified atom stereocenters. The van der Waals surface area contributed by atoms with Gasteiger partial charge in [-0.25, -0.2) is 4.68 Å². The van der Waals surface area contributed by atoms with E-state index in [1.807, 2.05) is 67.6 Å². The number of amides is 1. The van der Waals surface area contributed by atoms with E-state index in [4.69, 9.17) is 0 Å². The van der Waals surface area contributed by atoms with E-state index in [-0.39, 0.29) is 24.1 Å². The van der Waals surface area contributed by atoms with Crippen LogP contribution in [0, 0.1) is 6.92 Å². The van der Waals surface area contributed by atoms with Crippen LogP contribution in [-0.2, 0) is 11.3 Å². The minimum absolute atomic E-state index is 0.154. The Kier molecular flexibility index (Phi) is 5.16. The highest BCUT2D eigenvalue weighted by molar-refractivity contribution is 5.83. The molecule has 6 nitrogen and oxygen atoms in total. The maximum absolute atomic E-state index is 12.8. The molecule has 0 fully saturated rings. The van der Waals surface area contributed by atoms with Gasteiger partial charge in [0.2, 0.25) is 5.91 Å². The van der Waals surface area contributed by atoms with Gasteiger partial charge in [-0.3, -0.25) is 14.6 Å². The van der Waals surface area contributed by atoms with Gasteiger partial charge in [0.25, 0.3) is 5.56 Å². The van der Waals surface area contributed by atoms with Gasteiger partial charge in [0, 0.05) is 17.8 Å². The van der Waals surface area contributed by atoms with E-state index in [1.165, 1.54) is 4.68 Å². The average molecular weight is 384 g/mol. The maximum atomic E-state index is 12.8. The number of carbonyl (C=O) groups is 1. The number of rotatable bonds is 5. The summed E-state index contributed by atoms with van der Waals surface area (Å²) in [6.45, 7) is 1.68. The van der Waals surface area contributed by atoms with Gasteiger partial charge in [-0.05, 0) is 36.2 Å². The number of nitrogens with zero attached hydrogens (tertiary/aromatic N) is 3. The van der Waals surface area contributed by atoms with E-state index in [9.17, 15) is 9.59 Å². The van der Waals surface area contributed by atoms with Crippen molar-refractivity contribution in [1.82, 2.24) is 20.1 Å². The third-order valence-electron chi connectivity index (χ3n) is 4.82. The largest absolute Gasteiger partial charge is 0.344 e. The molecule has 4 rings (SSSR count). The average Bonchev–Trinajstić information content (AvgIpc) is 2.77. The molecule has 2 aromatic heterocycles. The van der Waals surface area contributed by atoms with Crippen LogP contribution in [-0.4, -0.2) is 20.7 Å². The molecule has 2 aromatic carbocycles. The molecule has 1 atom stereocenters. The molecular formula is C23H20N4O2. The quantitative estimate of drug-likeness (QED) is 0.574. The molecular weight excluding hydrogens is 364 g/mol. The Labute approximate surface area is 167 Å². The molecule has 0 saturated heterocycles. The SMILES string of the molecule is Cc1nn(CC(=O)NC(c2ccccc2)c2ccncc2)c(=O)c2ccccc12. The molecule has 0 aliphatic heterocycles. The molecule has 144 valence electrons. The van der Waals surface area contributed by atoms with E-state index in [1.54, 1.807) is 18.5 Å². The van der Waals surface area contributed by atoms with Crippen molar-refractivity contribution in [3.8, 4) is 0 Å². The van der Waals surface area contributed by atoms with Crippen LogP contribution in [0.15, 0.2) is 83.9 Å². The molecule has 2 heterocycles. The van der Waals surface area contributed by atoms with Crippen LogP contribution >= 0.6 is 0 Å². The Hall–Kier alpha value is -3.80. The Morgan fingerprint density at radius 2 is 1.55 bits per heavy atom. The lowest BCUT2D eigenvalue weighted by Crippen LogP contribution is -2.36. The van der Waals surface area contributed by atoms with Crippen molar-refractivity contribution in [3.63, 3.8) is 0 Å². The van der Waals surface area contributed by atoms with Gasteiger partial charge in [-0.2, -0.15) is 5.10 Å². The van der Waals surface area contributed by atoms with E-state index >= 15 is 0 Å². The summed E-state index contributed by atoms with van der Waals surface area (Å²) in [5.41, 5.74) is 2.29. The number of pyridine rings is 1. The van der Waals surface area contributed by atoms with Gasteiger partial charge >= 0.3 is 0 Å². The molecule has 1 amide bonds. The second-order valence-corrected chi connectivity index (χ2v) is 6.79. The van der Waals surface area contributed by atoms with Gasteiger partial charge in [0.1, 0.15) is 6.54 Å². The lowest BCUT2D eigenvalue weighted by Gasteiger charge is -2.20. The standard InChI is InChI=1S/C23H20N4O2/c1-16-19-9-5-6-10-20(19)23(29)27(26-16)15-21(28)25-22(17-7-3-2-4-8-17)18-11-13-24-14-12-18/h2-14,22H,15H2,1H3,(H,25,28). The van der Waals surface area contributed by atoms with E-state index < -0.39 is 0 Å². The fraction of sp³-hybridized carbons (Fsp3) is 0.130. The Bertz CT molecular complexity index is 1160. The van der Waals surface area contributed by atoms with Crippen LogP contribution < -0.4 is 10.9 Å². The van der Waals surface area contributed by atoms with E-state index in [2.05, 4.69) is 15.4 Å². The van der Waals surface area contributed by atoms with Crippen molar-refractivity contribution in [3.05, 3.63) is 106 Å². The maximum Gasteiger partial charge on any atom is 0.275 e. The number of aryl methyl sites for hydroxylation is 1. The smallest absolute Gasteiger partial charge is 0.275 e. The van der Waals surface area contributed by atoms with Crippen molar-refractivity contribution in [2.24, 2.45) is 0 Å². The molecule has 0 spiro atoms. The Morgan fingerprint density at radius 1 is 0.931 bits per heavy atom.